The number of benzene rings is 2. The minimum atomic E-state index is -3.50. The molecule has 1 N–H and O–H groups in total. The molecule has 2 saturated heterocycles. The van der Waals surface area contributed by atoms with Gasteiger partial charge in [0.05, 0.1) is 18.9 Å². The monoisotopic (exact) mass is 458 g/mol. The van der Waals surface area contributed by atoms with E-state index in [0.29, 0.717) is 30.7 Å². The van der Waals surface area contributed by atoms with Crippen LogP contribution in [0.15, 0.2) is 48.5 Å². The Bertz CT molecular complexity index is 1130. The molecule has 1 saturated carbocycles. The van der Waals surface area contributed by atoms with Gasteiger partial charge in [-0.15, -0.1) is 0 Å². The summed E-state index contributed by atoms with van der Waals surface area (Å²) in [6.45, 7) is 1.03. The molecule has 0 aromatic heterocycles. The van der Waals surface area contributed by atoms with Crippen LogP contribution >= 0.6 is 0 Å². The van der Waals surface area contributed by atoms with Gasteiger partial charge in [-0.25, -0.2) is 17.5 Å². The second kappa shape index (κ2) is 7.93. The van der Waals surface area contributed by atoms with E-state index < -0.39 is 28.2 Å². The SMILES string of the molecule is CS(=O)(=O)N[C@H]1[C@@H](Cc2cccc(-c3ccccc3)c2F)N(C(=O)C2CCO2)CC12CC2. The maximum absolute atomic E-state index is 15.6. The molecule has 6 nitrogen and oxygen atoms in total. The van der Waals surface area contributed by atoms with Crippen molar-refractivity contribution in [3.8, 4) is 11.1 Å². The van der Waals surface area contributed by atoms with Crippen molar-refractivity contribution in [1.29, 1.82) is 0 Å². The van der Waals surface area contributed by atoms with Gasteiger partial charge in [-0.1, -0.05) is 48.5 Å². The van der Waals surface area contributed by atoms with E-state index >= 15 is 4.39 Å². The van der Waals surface area contributed by atoms with Crippen LogP contribution in [0, 0.1) is 11.2 Å². The summed E-state index contributed by atoms with van der Waals surface area (Å²) < 4.78 is 48.1. The van der Waals surface area contributed by atoms with E-state index in [1.165, 1.54) is 0 Å². The number of ether oxygens (including phenoxy) is 1. The molecule has 0 radical (unpaired) electrons. The molecule has 5 rings (SSSR count). The van der Waals surface area contributed by atoms with Gasteiger partial charge in [-0.05, 0) is 30.4 Å². The number of nitrogens with zero attached hydrogens (tertiary/aromatic N) is 1. The molecule has 1 aliphatic carbocycles. The lowest BCUT2D eigenvalue weighted by Gasteiger charge is -2.34. The van der Waals surface area contributed by atoms with E-state index in [9.17, 15) is 13.2 Å². The van der Waals surface area contributed by atoms with Crippen LogP contribution in [-0.4, -0.2) is 56.8 Å². The average molecular weight is 459 g/mol. The Morgan fingerprint density at radius 1 is 1.19 bits per heavy atom. The van der Waals surface area contributed by atoms with Gasteiger partial charge in [-0.3, -0.25) is 4.79 Å². The highest BCUT2D eigenvalue weighted by Gasteiger charge is 2.61. The number of halogens is 1. The van der Waals surface area contributed by atoms with E-state index in [1.54, 1.807) is 17.0 Å². The maximum Gasteiger partial charge on any atom is 0.252 e. The molecule has 3 aliphatic rings. The van der Waals surface area contributed by atoms with E-state index in [-0.39, 0.29) is 23.6 Å². The summed E-state index contributed by atoms with van der Waals surface area (Å²) in [6.07, 6.45) is 3.25. The second-order valence-corrected chi connectivity index (χ2v) is 11.0. The first-order valence-electron chi connectivity index (χ1n) is 11.0. The van der Waals surface area contributed by atoms with Crippen molar-refractivity contribution in [3.63, 3.8) is 0 Å². The molecule has 2 heterocycles. The summed E-state index contributed by atoms with van der Waals surface area (Å²) in [7, 11) is -3.50. The molecule has 1 unspecified atom stereocenters. The third-order valence-electron chi connectivity index (χ3n) is 7.01. The number of carbonyl (C=O) groups excluding carboxylic acids is 1. The Morgan fingerprint density at radius 2 is 1.91 bits per heavy atom. The molecule has 3 fully saturated rings. The highest BCUT2D eigenvalue weighted by Crippen LogP contribution is 2.56. The Labute approximate surface area is 187 Å². The normalized spacial score (nSPS) is 26.2. The van der Waals surface area contributed by atoms with Crippen molar-refractivity contribution in [2.45, 2.75) is 43.9 Å². The predicted molar refractivity (Wildman–Crippen MR) is 119 cm³/mol. The number of hydrogen-bond acceptors (Lipinski definition) is 4. The summed E-state index contributed by atoms with van der Waals surface area (Å²) in [5.41, 5.74) is 1.47. The zero-order valence-corrected chi connectivity index (χ0v) is 18.8. The van der Waals surface area contributed by atoms with Crippen molar-refractivity contribution in [2.75, 3.05) is 19.4 Å². The van der Waals surface area contributed by atoms with Gasteiger partial charge in [0.15, 0.2) is 0 Å². The lowest BCUT2D eigenvalue weighted by Crippen LogP contribution is -2.53. The van der Waals surface area contributed by atoms with Crippen LogP contribution in [0.2, 0.25) is 0 Å². The lowest BCUT2D eigenvalue weighted by atomic mass is 9.91. The maximum atomic E-state index is 15.6. The smallest absolute Gasteiger partial charge is 0.252 e. The minimum absolute atomic E-state index is 0.120. The summed E-state index contributed by atoms with van der Waals surface area (Å²) in [5.74, 6) is -0.453. The number of sulfonamides is 1. The molecule has 2 aromatic rings. The molecule has 2 aliphatic heterocycles. The first kappa shape index (κ1) is 21.6. The number of hydrogen-bond donors (Lipinski definition) is 1. The Morgan fingerprint density at radius 3 is 2.50 bits per heavy atom. The van der Waals surface area contributed by atoms with E-state index in [1.807, 2.05) is 36.4 Å². The topological polar surface area (TPSA) is 75.7 Å². The summed E-state index contributed by atoms with van der Waals surface area (Å²) in [5, 5.41) is 0. The van der Waals surface area contributed by atoms with Crippen molar-refractivity contribution in [2.24, 2.45) is 5.41 Å². The van der Waals surface area contributed by atoms with Crippen LogP contribution in [0.5, 0.6) is 0 Å². The van der Waals surface area contributed by atoms with Crippen LogP contribution in [0.4, 0.5) is 4.39 Å². The van der Waals surface area contributed by atoms with Gasteiger partial charge in [0.1, 0.15) is 11.9 Å². The molecule has 0 bridgehead atoms. The van der Waals surface area contributed by atoms with Crippen LogP contribution in [0.3, 0.4) is 0 Å². The van der Waals surface area contributed by atoms with Crippen molar-refractivity contribution < 1.29 is 22.3 Å². The molecule has 3 atom stereocenters. The molecule has 8 heteroatoms. The number of amides is 1. The van der Waals surface area contributed by atoms with Crippen molar-refractivity contribution in [1.82, 2.24) is 9.62 Å². The molecular formula is C24H27FN2O4S. The van der Waals surface area contributed by atoms with E-state index in [0.717, 1.165) is 24.7 Å². The number of carbonyl (C=O) groups is 1. The van der Waals surface area contributed by atoms with Gasteiger partial charge in [0.25, 0.3) is 5.91 Å². The van der Waals surface area contributed by atoms with Gasteiger partial charge >= 0.3 is 0 Å². The first-order chi connectivity index (χ1) is 15.3. The molecule has 1 amide bonds. The fourth-order valence-corrected chi connectivity index (χ4v) is 5.96. The van der Waals surface area contributed by atoms with Crippen LogP contribution in [-0.2, 0) is 26.0 Å². The summed E-state index contributed by atoms with van der Waals surface area (Å²) in [6, 6.07) is 13.7. The molecule has 170 valence electrons. The van der Waals surface area contributed by atoms with Gasteiger partial charge in [-0.2, -0.15) is 0 Å². The number of likely N-dealkylation sites (tertiary alicyclic amines) is 1. The van der Waals surface area contributed by atoms with E-state index in [2.05, 4.69) is 4.72 Å². The Kier molecular flexibility index (Phi) is 5.34. The van der Waals surface area contributed by atoms with Crippen LogP contribution < -0.4 is 4.72 Å². The fraction of sp³-hybridized carbons (Fsp3) is 0.458. The quantitative estimate of drug-likeness (QED) is 0.722. The molecule has 32 heavy (non-hydrogen) atoms. The van der Waals surface area contributed by atoms with Crippen LogP contribution in [0.1, 0.15) is 24.8 Å². The van der Waals surface area contributed by atoms with Crippen molar-refractivity contribution in [3.05, 3.63) is 59.9 Å². The van der Waals surface area contributed by atoms with Crippen molar-refractivity contribution >= 4 is 15.9 Å². The minimum Gasteiger partial charge on any atom is -0.368 e. The lowest BCUT2D eigenvalue weighted by molar-refractivity contribution is -0.157. The predicted octanol–water partition coefficient (Wildman–Crippen LogP) is 2.73. The third kappa shape index (κ3) is 3.95. The second-order valence-electron chi connectivity index (χ2n) is 9.26. The Hall–Kier alpha value is -2.29. The average Bonchev–Trinajstić information content (AvgIpc) is 3.43. The fourth-order valence-electron chi connectivity index (χ4n) is 5.09. The third-order valence-corrected chi connectivity index (χ3v) is 7.70. The summed E-state index contributed by atoms with van der Waals surface area (Å²) in [4.78, 5) is 14.9. The molecular weight excluding hydrogens is 431 g/mol. The Balaban J connectivity index is 1.50. The van der Waals surface area contributed by atoms with Gasteiger partial charge in [0.2, 0.25) is 10.0 Å². The van der Waals surface area contributed by atoms with Gasteiger partial charge < -0.3 is 9.64 Å². The first-order valence-corrected chi connectivity index (χ1v) is 12.9. The number of nitrogens with one attached hydrogen (secondary N) is 1. The highest BCUT2D eigenvalue weighted by molar-refractivity contribution is 7.88. The molecule has 1 spiro atoms. The van der Waals surface area contributed by atoms with E-state index in [4.69, 9.17) is 4.74 Å². The highest BCUT2D eigenvalue weighted by atomic mass is 32.2. The largest absolute Gasteiger partial charge is 0.368 e. The number of rotatable bonds is 6. The summed E-state index contributed by atoms with van der Waals surface area (Å²) >= 11 is 0. The molecule has 2 aromatic carbocycles. The zero-order valence-electron chi connectivity index (χ0n) is 18.0. The van der Waals surface area contributed by atoms with Gasteiger partial charge in [0, 0.05) is 30.0 Å². The zero-order chi connectivity index (χ0) is 22.5. The standard InChI is InChI=1S/C24H27FN2O4S/c1-32(29,30)26-22-19(27(15-24(22)11-12-24)23(28)20-10-13-31-20)14-17-8-5-9-18(21(17)25)16-6-3-2-4-7-16/h2-9,19-20,22,26H,10-15H2,1H3/t19-,20?,22+/m1/s1. The van der Waals surface area contributed by atoms with Crippen LogP contribution in [0.25, 0.3) is 11.1 Å².